The number of aromatic nitrogens is 2. The molecule has 0 bridgehead atoms. The van der Waals surface area contributed by atoms with Crippen LogP contribution in [-0.4, -0.2) is 49.1 Å². The molecule has 2 heterocycles. The van der Waals surface area contributed by atoms with Crippen LogP contribution in [0.25, 0.3) is 10.9 Å². The van der Waals surface area contributed by atoms with Crippen LogP contribution in [-0.2, 0) is 0 Å². The molecule has 3 N–H and O–H groups in total. The molecule has 1 saturated heterocycles. The Hall–Kier alpha value is -2.63. The van der Waals surface area contributed by atoms with Gasteiger partial charge in [0.15, 0.2) is 11.6 Å². The van der Waals surface area contributed by atoms with Gasteiger partial charge in [-0.2, -0.15) is 0 Å². The zero-order valence-corrected chi connectivity index (χ0v) is 17.9. The minimum atomic E-state index is -3.34. The van der Waals surface area contributed by atoms with Gasteiger partial charge < -0.3 is 15.4 Å². The fourth-order valence-electron chi connectivity index (χ4n) is 4.77. The number of hydrogen-bond acceptors (Lipinski definition) is 5. The van der Waals surface area contributed by atoms with Crippen LogP contribution in [0.2, 0.25) is 0 Å². The zero-order chi connectivity index (χ0) is 24.0. The first-order valence-electron chi connectivity index (χ1n) is 10.7. The molecule has 4 rings (SSSR count). The maximum Gasteiger partial charge on any atom is 0.329 e. The molecule has 12 heteroatoms. The topological polar surface area (TPSA) is 93.3 Å². The fourth-order valence-corrected chi connectivity index (χ4v) is 4.77. The molecule has 0 amide bonds. The van der Waals surface area contributed by atoms with E-state index < -0.39 is 65.7 Å². The number of halogens is 5. The molecule has 2 aromatic rings. The summed E-state index contributed by atoms with van der Waals surface area (Å²) in [6.45, 7) is -1.68. The van der Waals surface area contributed by atoms with Crippen molar-refractivity contribution in [1.82, 2.24) is 9.55 Å². The monoisotopic (exact) mass is 476 g/mol. The Bertz CT molecular complexity index is 1160. The zero-order valence-electron chi connectivity index (χ0n) is 17.9. The average Bonchev–Trinajstić information content (AvgIpc) is 3.49. The van der Waals surface area contributed by atoms with Gasteiger partial charge in [-0.15, -0.1) is 0 Å². The highest BCUT2D eigenvalue weighted by molar-refractivity contribution is 5.94. The van der Waals surface area contributed by atoms with E-state index in [1.165, 1.54) is 16.6 Å². The van der Waals surface area contributed by atoms with Crippen LogP contribution < -0.4 is 26.6 Å². The van der Waals surface area contributed by atoms with Crippen molar-refractivity contribution in [2.45, 2.75) is 37.8 Å². The van der Waals surface area contributed by atoms with Gasteiger partial charge in [0.1, 0.15) is 11.2 Å². The number of nitrogens with zero attached hydrogens (tertiary/aromatic N) is 2. The standard InChI is InChI=1S/C21H25F5N4O3/c1-33-18-16-13(20(31)28-21(32)30(16)11-2-3-11)12(19(25)26)14(24)17(18)29-5-4-9(8-29)15(27)10(6-22)7-23/h9-11,15,19H,2-8,27H2,1H3,(H,28,31,32). The lowest BCUT2D eigenvalue weighted by Gasteiger charge is -2.28. The summed E-state index contributed by atoms with van der Waals surface area (Å²) in [5.74, 6) is -2.97. The first-order chi connectivity index (χ1) is 15.7. The van der Waals surface area contributed by atoms with Crippen molar-refractivity contribution in [3.05, 3.63) is 32.2 Å². The van der Waals surface area contributed by atoms with E-state index in [2.05, 4.69) is 0 Å². The molecule has 1 aliphatic heterocycles. The van der Waals surface area contributed by atoms with Crippen molar-refractivity contribution in [3.8, 4) is 5.75 Å². The predicted octanol–water partition coefficient (Wildman–Crippen LogP) is 2.82. The minimum Gasteiger partial charge on any atom is -0.492 e. The number of anilines is 1. The second-order valence-electron chi connectivity index (χ2n) is 8.64. The third kappa shape index (κ3) is 3.87. The van der Waals surface area contributed by atoms with Gasteiger partial charge in [0.25, 0.3) is 12.0 Å². The molecule has 33 heavy (non-hydrogen) atoms. The molecule has 1 aliphatic carbocycles. The number of alkyl halides is 4. The summed E-state index contributed by atoms with van der Waals surface area (Å²) in [6.07, 6.45) is -1.80. The largest absolute Gasteiger partial charge is 0.492 e. The highest BCUT2D eigenvalue weighted by Gasteiger charge is 2.39. The Morgan fingerprint density at radius 2 is 1.85 bits per heavy atom. The third-order valence-corrected chi connectivity index (χ3v) is 6.65. The fraction of sp³-hybridized carbons (Fsp3) is 0.619. The molecule has 1 saturated carbocycles. The molecular formula is C21H25F5N4O3. The lowest BCUT2D eigenvalue weighted by molar-refractivity contribution is 0.148. The molecule has 2 fully saturated rings. The van der Waals surface area contributed by atoms with Crippen LogP contribution in [0, 0.1) is 17.7 Å². The number of methoxy groups -OCH3 is 1. The molecule has 2 unspecified atom stereocenters. The maximum atomic E-state index is 15.6. The molecule has 182 valence electrons. The Morgan fingerprint density at radius 3 is 2.39 bits per heavy atom. The first-order valence-corrected chi connectivity index (χ1v) is 10.7. The second kappa shape index (κ2) is 8.96. The van der Waals surface area contributed by atoms with Gasteiger partial charge in [0.2, 0.25) is 0 Å². The highest BCUT2D eigenvalue weighted by atomic mass is 19.3. The lowest BCUT2D eigenvalue weighted by Crippen LogP contribution is -2.41. The van der Waals surface area contributed by atoms with Gasteiger partial charge in [0.05, 0.1) is 31.4 Å². The summed E-state index contributed by atoms with van der Waals surface area (Å²) in [4.78, 5) is 28.5. The van der Waals surface area contributed by atoms with E-state index in [-0.39, 0.29) is 36.1 Å². The van der Waals surface area contributed by atoms with Gasteiger partial charge >= 0.3 is 5.69 Å². The number of nitrogens with two attached hydrogens (primary N) is 1. The van der Waals surface area contributed by atoms with Crippen LogP contribution in [0.3, 0.4) is 0 Å². The van der Waals surface area contributed by atoms with Crippen molar-refractivity contribution in [2.24, 2.45) is 17.6 Å². The van der Waals surface area contributed by atoms with Crippen LogP contribution in [0.1, 0.15) is 37.3 Å². The minimum absolute atomic E-state index is 0.0516. The van der Waals surface area contributed by atoms with Gasteiger partial charge in [-0.3, -0.25) is 23.1 Å². The smallest absolute Gasteiger partial charge is 0.329 e. The second-order valence-corrected chi connectivity index (χ2v) is 8.64. The van der Waals surface area contributed by atoms with Gasteiger partial charge in [0, 0.05) is 31.1 Å². The summed E-state index contributed by atoms with van der Waals surface area (Å²) in [6, 6.07) is -1.18. The number of fused-ring (bicyclic) bond motifs is 1. The Kier molecular flexibility index (Phi) is 6.39. The summed E-state index contributed by atoms with van der Waals surface area (Å²) < 4.78 is 76.5. The number of nitrogens with one attached hydrogen (secondary N) is 1. The SMILES string of the molecule is COc1c(N2CCC(C(N)C(CF)CF)C2)c(F)c(C(F)F)c2c(=O)[nH]c(=O)n(C3CC3)c12. The number of benzene rings is 1. The Labute approximate surface area is 185 Å². The van der Waals surface area contributed by atoms with E-state index in [1.54, 1.807) is 0 Å². The van der Waals surface area contributed by atoms with Crippen molar-refractivity contribution in [3.63, 3.8) is 0 Å². The van der Waals surface area contributed by atoms with E-state index in [0.29, 0.717) is 19.3 Å². The predicted molar refractivity (Wildman–Crippen MR) is 112 cm³/mol. The normalized spacial score (nSPS) is 19.8. The van der Waals surface area contributed by atoms with Crippen molar-refractivity contribution >= 4 is 16.6 Å². The maximum absolute atomic E-state index is 15.6. The lowest BCUT2D eigenvalue weighted by atomic mass is 9.90. The number of H-pyrrole nitrogens is 1. The number of hydrogen-bond donors (Lipinski definition) is 2. The Morgan fingerprint density at radius 1 is 1.18 bits per heavy atom. The summed E-state index contributed by atoms with van der Waals surface area (Å²) in [5.41, 5.74) is 2.50. The van der Waals surface area contributed by atoms with Gasteiger partial charge in [-0.1, -0.05) is 0 Å². The van der Waals surface area contributed by atoms with Crippen LogP contribution in [0.15, 0.2) is 9.59 Å². The van der Waals surface area contributed by atoms with Crippen LogP contribution in [0.4, 0.5) is 27.6 Å². The molecule has 0 spiro atoms. The molecule has 2 atom stereocenters. The van der Waals surface area contributed by atoms with Crippen LogP contribution >= 0.6 is 0 Å². The van der Waals surface area contributed by atoms with E-state index in [9.17, 15) is 27.2 Å². The van der Waals surface area contributed by atoms with Gasteiger partial charge in [-0.05, 0) is 25.2 Å². The number of aromatic amines is 1. The number of ether oxygens (including phenoxy) is 1. The summed E-state index contributed by atoms with van der Waals surface area (Å²) in [5, 5.41) is -0.628. The molecule has 1 aromatic heterocycles. The molecule has 7 nitrogen and oxygen atoms in total. The molecule has 1 aromatic carbocycles. The van der Waals surface area contributed by atoms with E-state index in [4.69, 9.17) is 10.5 Å². The van der Waals surface area contributed by atoms with E-state index in [0.717, 1.165) is 0 Å². The van der Waals surface area contributed by atoms with Crippen molar-refractivity contribution < 1.29 is 26.7 Å². The highest BCUT2D eigenvalue weighted by Crippen LogP contribution is 2.47. The van der Waals surface area contributed by atoms with E-state index >= 15 is 4.39 Å². The van der Waals surface area contributed by atoms with Crippen molar-refractivity contribution in [2.75, 3.05) is 38.4 Å². The van der Waals surface area contributed by atoms with E-state index in [1.807, 2.05) is 4.98 Å². The third-order valence-electron chi connectivity index (χ3n) is 6.65. The molecule has 0 radical (unpaired) electrons. The Balaban J connectivity index is 1.93. The van der Waals surface area contributed by atoms with Gasteiger partial charge in [-0.25, -0.2) is 18.0 Å². The summed E-state index contributed by atoms with van der Waals surface area (Å²) >= 11 is 0. The number of rotatable bonds is 8. The summed E-state index contributed by atoms with van der Waals surface area (Å²) in [7, 11) is 1.20. The van der Waals surface area contributed by atoms with Crippen molar-refractivity contribution in [1.29, 1.82) is 0 Å². The molecule has 2 aliphatic rings. The quantitative estimate of drug-likeness (QED) is 0.572. The molecular weight excluding hydrogens is 451 g/mol. The first kappa shape index (κ1) is 23.5. The van der Waals surface area contributed by atoms with Crippen LogP contribution in [0.5, 0.6) is 5.75 Å². The average molecular weight is 476 g/mol.